The van der Waals surface area contributed by atoms with Crippen molar-refractivity contribution < 1.29 is 9.90 Å². The van der Waals surface area contributed by atoms with Gasteiger partial charge in [-0.15, -0.1) is 0 Å². The molecule has 0 unspecified atom stereocenters. The minimum atomic E-state index is -0.286. The molecule has 21 heavy (non-hydrogen) atoms. The molecule has 3 aromatic rings. The number of hydrogen-bond donors (Lipinski definition) is 3. The van der Waals surface area contributed by atoms with Crippen LogP contribution in [0.3, 0.4) is 0 Å². The zero-order valence-electron chi connectivity index (χ0n) is 11.6. The fourth-order valence-electron chi connectivity index (χ4n) is 2.65. The van der Waals surface area contributed by atoms with Gasteiger partial charge in [0.05, 0.1) is 17.8 Å². The molecule has 0 atom stereocenters. The minimum Gasteiger partial charge on any atom is -0.392 e. The summed E-state index contributed by atoms with van der Waals surface area (Å²) in [6.07, 6.45) is 3.56. The van der Waals surface area contributed by atoms with Crippen LogP contribution in [0.5, 0.6) is 0 Å². The number of aromatic amines is 1. The summed E-state index contributed by atoms with van der Waals surface area (Å²) in [6, 6.07) is 7.85. The van der Waals surface area contributed by atoms with Gasteiger partial charge in [-0.05, 0) is 30.5 Å². The first-order chi connectivity index (χ1) is 10.2. The van der Waals surface area contributed by atoms with Gasteiger partial charge in [-0.2, -0.15) is 0 Å². The monoisotopic (exact) mass is 283 g/mol. The Labute approximate surface area is 121 Å². The molecule has 0 bridgehead atoms. The second-order valence-electron chi connectivity index (χ2n) is 5.16. The van der Waals surface area contributed by atoms with Gasteiger partial charge in [0.15, 0.2) is 0 Å². The van der Waals surface area contributed by atoms with Gasteiger partial charge in [0.1, 0.15) is 0 Å². The van der Waals surface area contributed by atoms with Crippen LogP contribution in [0.1, 0.15) is 24.1 Å². The Morgan fingerprint density at radius 3 is 2.90 bits per heavy atom. The lowest BCUT2D eigenvalue weighted by atomic mass is 10.1. The largest absolute Gasteiger partial charge is 0.392 e. The molecule has 0 fully saturated rings. The second-order valence-corrected chi connectivity index (χ2v) is 5.16. The number of rotatable bonds is 5. The molecule has 108 valence electrons. The van der Waals surface area contributed by atoms with Crippen LogP contribution in [-0.4, -0.2) is 21.0 Å². The van der Waals surface area contributed by atoms with Crippen molar-refractivity contribution in [3.8, 4) is 0 Å². The summed E-state index contributed by atoms with van der Waals surface area (Å²) in [6.45, 7) is 0.0228. The number of aliphatic hydroxyl groups excluding tert-OH is 1. The fourth-order valence-corrected chi connectivity index (χ4v) is 2.65. The minimum absolute atomic E-state index is 0.0228. The van der Waals surface area contributed by atoms with Gasteiger partial charge in [0.25, 0.3) is 0 Å². The van der Waals surface area contributed by atoms with Crippen LogP contribution in [0.4, 0.5) is 0 Å². The van der Waals surface area contributed by atoms with Crippen LogP contribution in [0, 0.1) is 0 Å². The van der Waals surface area contributed by atoms with E-state index in [1.807, 2.05) is 24.3 Å². The van der Waals surface area contributed by atoms with Gasteiger partial charge in [-0.1, -0.05) is 12.1 Å². The number of aromatic nitrogens is 2. The van der Waals surface area contributed by atoms with Gasteiger partial charge in [-0.25, -0.2) is 0 Å². The summed E-state index contributed by atoms with van der Waals surface area (Å²) < 4.78 is 0. The molecule has 0 aliphatic carbocycles. The van der Waals surface area contributed by atoms with Crippen LogP contribution in [-0.2, 0) is 17.8 Å². The number of nitrogens with one attached hydrogen (secondary N) is 1. The number of nitrogens with zero attached hydrogens (tertiary/aromatic N) is 1. The summed E-state index contributed by atoms with van der Waals surface area (Å²) in [5.74, 6) is -0.286. The molecular weight excluding hydrogens is 266 g/mol. The molecule has 5 nitrogen and oxygen atoms in total. The highest BCUT2D eigenvalue weighted by Gasteiger charge is 2.09. The number of carbonyl (C=O) groups excluding carboxylic acids is 1. The van der Waals surface area contributed by atoms with Crippen LogP contribution in [0.25, 0.3) is 21.8 Å². The van der Waals surface area contributed by atoms with E-state index < -0.39 is 0 Å². The van der Waals surface area contributed by atoms with E-state index in [1.54, 1.807) is 6.20 Å². The third kappa shape index (κ3) is 2.60. The number of carbonyl (C=O) groups is 1. The first kappa shape index (κ1) is 13.6. The number of benzene rings is 1. The van der Waals surface area contributed by atoms with Crippen LogP contribution in [0.15, 0.2) is 30.5 Å². The zero-order valence-corrected chi connectivity index (χ0v) is 11.6. The van der Waals surface area contributed by atoms with Crippen molar-refractivity contribution in [3.63, 3.8) is 0 Å². The van der Waals surface area contributed by atoms with Crippen molar-refractivity contribution >= 4 is 27.7 Å². The normalized spacial score (nSPS) is 11.3. The van der Waals surface area contributed by atoms with E-state index >= 15 is 0 Å². The van der Waals surface area contributed by atoms with Crippen LogP contribution < -0.4 is 5.73 Å². The summed E-state index contributed by atoms with van der Waals surface area (Å²) in [5, 5.41) is 11.4. The molecule has 2 aromatic heterocycles. The quantitative estimate of drug-likeness (QED) is 0.669. The van der Waals surface area contributed by atoms with E-state index in [-0.39, 0.29) is 12.5 Å². The smallest absolute Gasteiger partial charge is 0.217 e. The van der Waals surface area contributed by atoms with Gasteiger partial charge >= 0.3 is 0 Å². The Hall–Kier alpha value is -2.40. The van der Waals surface area contributed by atoms with Crippen molar-refractivity contribution in [2.24, 2.45) is 5.73 Å². The Balaban J connectivity index is 2.03. The zero-order chi connectivity index (χ0) is 14.8. The molecule has 5 heteroatoms. The van der Waals surface area contributed by atoms with Gasteiger partial charge in [-0.3, -0.25) is 9.78 Å². The Bertz CT molecular complexity index is 808. The topological polar surface area (TPSA) is 92.0 Å². The van der Waals surface area contributed by atoms with E-state index in [0.29, 0.717) is 19.3 Å². The molecule has 1 amide bonds. The average molecular weight is 283 g/mol. The molecule has 1 aromatic carbocycles. The molecule has 0 saturated heterocycles. The maximum atomic E-state index is 10.8. The summed E-state index contributed by atoms with van der Waals surface area (Å²) in [4.78, 5) is 18.6. The Morgan fingerprint density at radius 2 is 2.14 bits per heavy atom. The van der Waals surface area contributed by atoms with Gasteiger partial charge in [0.2, 0.25) is 5.91 Å². The van der Waals surface area contributed by atoms with E-state index in [9.17, 15) is 9.90 Å². The number of aliphatic hydroxyl groups is 1. The molecule has 3 rings (SSSR count). The second kappa shape index (κ2) is 5.54. The highest BCUT2D eigenvalue weighted by Crippen LogP contribution is 2.28. The van der Waals surface area contributed by atoms with E-state index in [4.69, 9.17) is 5.73 Å². The lowest BCUT2D eigenvalue weighted by molar-refractivity contribution is -0.118. The number of H-pyrrole nitrogens is 1. The molecule has 0 aliphatic rings. The molecule has 2 heterocycles. The van der Waals surface area contributed by atoms with Gasteiger partial charge < -0.3 is 15.8 Å². The average Bonchev–Trinajstić information content (AvgIpc) is 2.85. The highest BCUT2D eigenvalue weighted by atomic mass is 16.3. The standard InChI is InChI=1S/C16H17N3O2/c17-15(21)3-1-2-13-16-12(6-7-18-13)11-5-4-10(9-20)8-14(11)19-16/h4-8,19-20H,1-3,9H2,(H2,17,21). The third-order valence-corrected chi connectivity index (χ3v) is 3.68. The Kier molecular flexibility index (Phi) is 3.58. The fraction of sp³-hybridized carbons (Fsp3) is 0.250. The molecule has 0 radical (unpaired) electrons. The van der Waals surface area contributed by atoms with Crippen molar-refractivity contribution in [1.29, 1.82) is 0 Å². The van der Waals surface area contributed by atoms with E-state index in [2.05, 4.69) is 9.97 Å². The van der Waals surface area contributed by atoms with Crippen molar-refractivity contribution in [3.05, 3.63) is 41.7 Å². The summed E-state index contributed by atoms with van der Waals surface area (Å²) in [5.41, 5.74) is 8.96. The molecular formula is C16H17N3O2. The Morgan fingerprint density at radius 1 is 1.29 bits per heavy atom. The van der Waals surface area contributed by atoms with E-state index in [0.717, 1.165) is 33.1 Å². The van der Waals surface area contributed by atoms with Crippen molar-refractivity contribution in [2.75, 3.05) is 0 Å². The number of primary amides is 1. The maximum absolute atomic E-state index is 10.8. The number of fused-ring (bicyclic) bond motifs is 3. The third-order valence-electron chi connectivity index (χ3n) is 3.68. The van der Waals surface area contributed by atoms with Crippen molar-refractivity contribution in [2.45, 2.75) is 25.9 Å². The summed E-state index contributed by atoms with van der Waals surface area (Å²) >= 11 is 0. The molecule has 0 spiro atoms. The van der Waals surface area contributed by atoms with Crippen LogP contribution >= 0.6 is 0 Å². The predicted molar refractivity (Wildman–Crippen MR) is 81.7 cm³/mol. The number of pyridine rings is 1. The predicted octanol–water partition coefficient (Wildman–Crippen LogP) is 2.02. The van der Waals surface area contributed by atoms with Crippen LogP contribution in [0.2, 0.25) is 0 Å². The number of aryl methyl sites for hydroxylation is 1. The number of nitrogens with two attached hydrogens (primary N) is 1. The maximum Gasteiger partial charge on any atom is 0.217 e. The van der Waals surface area contributed by atoms with E-state index in [1.165, 1.54) is 0 Å². The SMILES string of the molecule is NC(=O)CCCc1nccc2c1[nH]c1cc(CO)ccc12. The number of hydrogen-bond acceptors (Lipinski definition) is 3. The summed E-state index contributed by atoms with van der Waals surface area (Å²) in [7, 11) is 0. The lowest BCUT2D eigenvalue weighted by Crippen LogP contribution is -2.10. The first-order valence-electron chi connectivity index (χ1n) is 6.96. The van der Waals surface area contributed by atoms with Crippen molar-refractivity contribution in [1.82, 2.24) is 9.97 Å². The molecule has 0 aliphatic heterocycles. The van der Waals surface area contributed by atoms with Gasteiger partial charge in [0, 0.05) is 28.9 Å². The molecule has 0 saturated carbocycles. The lowest BCUT2D eigenvalue weighted by Gasteiger charge is -2.01. The molecule has 4 N–H and O–H groups in total. The first-order valence-corrected chi connectivity index (χ1v) is 6.96. The highest BCUT2D eigenvalue weighted by molar-refractivity contribution is 6.07. The number of amides is 1.